The van der Waals surface area contributed by atoms with E-state index in [2.05, 4.69) is 5.32 Å². The first kappa shape index (κ1) is 18.3. The largest absolute Gasteiger partial charge is 0.444 e. The van der Waals surface area contributed by atoms with Crippen LogP contribution in [0.15, 0.2) is 72.8 Å². The molecular formula is C22H23N3O2. The van der Waals surface area contributed by atoms with Gasteiger partial charge < -0.3 is 15.8 Å². The molecule has 1 amide bonds. The summed E-state index contributed by atoms with van der Waals surface area (Å²) in [6.07, 6.45) is -0.433. The smallest absolute Gasteiger partial charge is 0.414 e. The number of aryl methyl sites for hydroxylation is 1. The Kier molecular flexibility index (Phi) is 5.61. The summed E-state index contributed by atoms with van der Waals surface area (Å²) in [4.78, 5) is 13.7. The third-order valence-corrected chi connectivity index (χ3v) is 4.20. The second kappa shape index (κ2) is 8.27. The molecule has 0 saturated carbocycles. The van der Waals surface area contributed by atoms with E-state index in [0.717, 1.165) is 22.5 Å². The van der Waals surface area contributed by atoms with Gasteiger partial charge in [0, 0.05) is 18.4 Å². The van der Waals surface area contributed by atoms with E-state index in [4.69, 9.17) is 10.5 Å². The van der Waals surface area contributed by atoms with Gasteiger partial charge in [-0.05, 0) is 48.4 Å². The van der Waals surface area contributed by atoms with Crippen molar-refractivity contribution in [2.45, 2.75) is 13.5 Å². The van der Waals surface area contributed by atoms with Crippen molar-refractivity contribution in [2.24, 2.45) is 0 Å². The summed E-state index contributed by atoms with van der Waals surface area (Å²) in [6.45, 7) is 2.26. The molecule has 0 heterocycles. The van der Waals surface area contributed by atoms with Crippen LogP contribution in [-0.4, -0.2) is 13.1 Å². The molecule has 0 aliphatic rings. The van der Waals surface area contributed by atoms with Crippen LogP contribution in [0.25, 0.3) is 0 Å². The molecule has 3 N–H and O–H groups in total. The number of rotatable bonds is 5. The van der Waals surface area contributed by atoms with Crippen molar-refractivity contribution in [3.05, 3.63) is 83.9 Å². The first-order valence-corrected chi connectivity index (χ1v) is 8.70. The zero-order chi connectivity index (χ0) is 19.2. The van der Waals surface area contributed by atoms with E-state index < -0.39 is 6.09 Å². The molecule has 27 heavy (non-hydrogen) atoms. The van der Waals surface area contributed by atoms with Gasteiger partial charge in [-0.2, -0.15) is 0 Å². The lowest BCUT2D eigenvalue weighted by molar-refractivity contribution is 0.148. The Balaban J connectivity index is 1.66. The van der Waals surface area contributed by atoms with E-state index in [1.807, 2.05) is 73.7 Å². The van der Waals surface area contributed by atoms with Gasteiger partial charge in [0.1, 0.15) is 6.61 Å². The fourth-order valence-electron chi connectivity index (χ4n) is 2.67. The zero-order valence-electron chi connectivity index (χ0n) is 15.5. The molecule has 0 bridgehead atoms. The fourth-order valence-corrected chi connectivity index (χ4v) is 2.67. The summed E-state index contributed by atoms with van der Waals surface area (Å²) in [5.74, 6) is 0. The van der Waals surface area contributed by atoms with Gasteiger partial charge in [0.2, 0.25) is 0 Å². The topological polar surface area (TPSA) is 67.6 Å². The number of nitrogens with one attached hydrogen (secondary N) is 1. The van der Waals surface area contributed by atoms with Crippen LogP contribution in [0, 0.1) is 6.92 Å². The monoisotopic (exact) mass is 361 g/mol. The number of amides is 1. The van der Waals surface area contributed by atoms with Crippen molar-refractivity contribution in [2.75, 3.05) is 23.0 Å². The Labute approximate surface area is 159 Å². The molecule has 0 fully saturated rings. The van der Waals surface area contributed by atoms with E-state index in [1.165, 1.54) is 4.90 Å². The number of nitrogen functional groups attached to an aromatic ring is 1. The van der Waals surface area contributed by atoms with E-state index >= 15 is 0 Å². The van der Waals surface area contributed by atoms with Gasteiger partial charge in [-0.15, -0.1) is 0 Å². The molecular weight excluding hydrogens is 338 g/mol. The predicted molar refractivity (Wildman–Crippen MR) is 110 cm³/mol. The van der Waals surface area contributed by atoms with Gasteiger partial charge in [0.05, 0.1) is 11.4 Å². The molecule has 138 valence electrons. The minimum atomic E-state index is -0.433. The fraction of sp³-hybridized carbons (Fsp3) is 0.136. The predicted octanol–water partition coefficient (Wildman–Crippen LogP) is 5.09. The molecule has 5 nitrogen and oxygen atoms in total. The minimum Gasteiger partial charge on any atom is -0.444 e. The molecule has 0 spiro atoms. The van der Waals surface area contributed by atoms with Crippen LogP contribution in [0.3, 0.4) is 0 Å². The summed E-state index contributed by atoms with van der Waals surface area (Å²) in [5, 5.41) is 3.30. The third kappa shape index (κ3) is 4.79. The highest BCUT2D eigenvalue weighted by atomic mass is 16.6. The van der Waals surface area contributed by atoms with Crippen LogP contribution < -0.4 is 16.0 Å². The Morgan fingerprint density at radius 2 is 1.81 bits per heavy atom. The van der Waals surface area contributed by atoms with E-state index in [1.54, 1.807) is 13.1 Å². The Morgan fingerprint density at radius 1 is 1.04 bits per heavy atom. The molecule has 3 aromatic rings. The van der Waals surface area contributed by atoms with Crippen LogP contribution in [0.5, 0.6) is 0 Å². The van der Waals surface area contributed by atoms with Crippen molar-refractivity contribution >= 4 is 28.8 Å². The molecule has 5 heteroatoms. The van der Waals surface area contributed by atoms with Gasteiger partial charge in [-0.25, -0.2) is 4.79 Å². The molecule has 0 aromatic heterocycles. The van der Waals surface area contributed by atoms with Gasteiger partial charge in [-0.3, -0.25) is 4.90 Å². The lowest BCUT2D eigenvalue weighted by atomic mass is 10.2. The molecule has 0 aliphatic carbocycles. The van der Waals surface area contributed by atoms with Crippen LogP contribution >= 0.6 is 0 Å². The number of hydrogen-bond donors (Lipinski definition) is 2. The number of benzene rings is 3. The summed E-state index contributed by atoms with van der Waals surface area (Å²) in [5.41, 5.74) is 11.2. The van der Waals surface area contributed by atoms with Gasteiger partial charge >= 0.3 is 6.09 Å². The van der Waals surface area contributed by atoms with Gasteiger partial charge in [-0.1, -0.05) is 42.5 Å². The number of carbonyl (C=O) groups excluding carboxylic acids is 1. The number of ether oxygens (including phenoxy) is 1. The zero-order valence-corrected chi connectivity index (χ0v) is 15.5. The van der Waals surface area contributed by atoms with Crippen molar-refractivity contribution in [3.63, 3.8) is 0 Å². The van der Waals surface area contributed by atoms with Gasteiger partial charge in [0.25, 0.3) is 0 Å². The van der Waals surface area contributed by atoms with E-state index in [-0.39, 0.29) is 6.61 Å². The maximum Gasteiger partial charge on any atom is 0.414 e. The van der Waals surface area contributed by atoms with Gasteiger partial charge in [0.15, 0.2) is 0 Å². The number of anilines is 4. The lowest BCUT2D eigenvalue weighted by Crippen LogP contribution is -2.27. The Hall–Kier alpha value is -3.47. The molecule has 3 aromatic carbocycles. The Bertz CT molecular complexity index is 926. The number of nitrogens with two attached hydrogens (primary N) is 1. The second-order valence-electron chi connectivity index (χ2n) is 6.37. The van der Waals surface area contributed by atoms with Crippen LogP contribution in [0.4, 0.5) is 27.5 Å². The summed E-state index contributed by atoms with van der Waals surface area (Å²) < 4.78 is 5.35. The molecule has 0 aliphatic heterocycles. The summed E-state index contributed by atoms with van der Waals surface area (Å²) in [6, 6.07) is 23.1. The standard InChI is InChI=1S/C22H23N3O2/c1-16-7-6-10-18(13-16)24-21-12-11-19(14-20(21)23)25(2)22(26)27-15-17-8-4-3-5-9-17/h3-14,24H,15,23H2,1-2H3. The normalized spacial score (nSPS) is 10.3. The number of hydrogen-bond acceptors (Lipinski definition) is 4. The average Bonchev–Trinajstić information content (AvgIpc) is 2.68. The quantitative estimate of drug-likeness (QED) is 0.621. The molecule has 3 rings (SSSR count). The minimum absolute atomic E-state index is 0.229. The Morgan fingerprint density at radius 3 is 2.52 bits per heavy atom. The van der Waals surface area contributed by atoms with Crippen molar-refractivity contribution < 1.29 is 9.53 Å². The average molecular weight is 361 g/mol. The third-order valence-electron chi connectivity index (χ3n) is 4.20. The van der Waals surface area contributed by atoms with Crippen molar-refractivity contribution in [1.29, 1.82) is 0 Å². The highest BCUT2D eigenvalue weighted by molar-refractivity contribution is 5.89. The summed E-state index contributed by atoms with van der Waals surface area (Å²) >= 11 is 0. The second-order valence-corrected chi connectivity index (χ2v) is 6.37. The van der Waals surface area contributed by atoms with E-state index in [0.29, 0.717) is 11.4 Å². The highest BCUT2D eigenvalue weighted by Crippen LogP contribution is 2.28. The molecule has 0 atom stereocenters. The molecule has 0 radical (unpaired) electrons. The highest BCUT2D eigenvalue weighted by Gasteiger charge is 2.14. The number of nitrogens with zero attached hydrogens (tertiary/aromatic N) is 1. The summed E-state index contributed by atoms with van der Waals surface area (Å²) in [7, 11) is 1.66. The number of carbonyl (C=O) groups is 1. The van der Waals surface area contributed by atoms with Crippen molar-refractivity contribution in [3.8, 4) is 0 Å². The first-order chi connectivity index (χ1) is 13.0. The SMILES string of the molecule is Cc1cccc(Nc2ccc(N(C)C(=O)OCc3ccccc3)cc2N)c1. The maximum absolute atomic E-state index is 12.3. The van der Waals surface area contributed by atoms with Crippen molar-refractivity contribution in [1.82, 2.24) is 0 Å². The van der Waals surface area contributed by atoms with Crippen LogP contribution in [0.1, 0.15) is 11.1 Å². The van der Waals surface area contributed by atoms with E-state index in [9.17, 15) is 4.79 Å². The van der Waals surface area contributed by atoms with Crippen LogP contribution in [0.2, 0.25) is 0 Å². The van der Waals surface area contributed by atoms with Crippen LogP contribution in [-0.2, 0) is 11.3 Å². The molecule has 0 saturated heterocycles. The lowest BCUT2D eigenvalue weighted by Gasteiger charge is -2.19. The molecule has 0 unspecified atom stereocenters. The first-order valence-electron chi connectivity index (χ1n) is 8.70. The maximum atomic E-state index is 12.3.